The molecule has 2 aromatic heterocycles. The van der Waals surface area contributed by atoms with Gasteiger partial charge in [-0.3, -0.25) is 0 Å². The van der Waals surface area contributed by atoms with Crippen molar-refractivity contribution in [1.29, 1.82) is 31.6 Å². The first-order valence-corrected chi connectivity index (χ1v) is 24.4. The van der Waals surface area contributed by atoms with Gasteiger partial charge in [-0.2, -0.15) is 44.7 Å². The molecular weight excluding hydrogens is 974 g/mol. The molecule has 10 aromatic carbocycles. The van der Waals surface area contributed by atoms with E-state index in [4.69, 9.17) is 0 Å². The molecule has 0 unspecified atom stereocenters. The van der Waals surface area contributed by atoms with Crippen LogP contribution in [0.3, 0.4) is 0 Å². The molecule has 0 spiro atoms. The summed E-state index contributed by atoms with van der Waals surface area (Å²) in [5.74, 6) is 0. The van der Waals surface area contributed by atoms with Gasteiger partial charge in [0.2, 0.25) is 0 Å². The third-order valence-corrected chi connectivity index (χ3v) is 14.4. The highest BCUT2D eigenvalue weighted by Crippen LogP contribution is 2.47. The quantitative estimate of drug-likeness (QED) is 0.155. The molecule has 11 heteroatoms. The van der Waals surface area contributed by atoms with Crippen molar-refractivity contribution in [2.24, 2.45) is 0 Å². The van der Waals surface area contributed by atoms with Crippen LogP contribution in [0.1, 0.15) is 38.9 Å². The van der Waals surface area contributed by atoms with Crippen LogP contribution < -0.4 is 0 Å². The maximum Gasteiger partial charge on any atom is 0.416 e. The van der Waals surface area contributed by atoms with Crippen LogP contribution in [0.25, 0.3) is 111 Å². The number of aromatic nitrogens is 2. The Morgan fingerprint density at radius 1 is 0.308 bits per heavy atom. The average Bonchev–Trinajstić information content (AvgIpc) is 4.18. The van der Waals surface area contributed by atoms with Crippen LogP contribution >= 0.6 is 0 Å². The normalized spacial score (nSPS) is 11.2. The van der Waals surface area contributed by atoms with Crippen LogP contribution in [-0.4, -0.2) is 9.13 Å². The van der Waals surface area contributed by atoms with Gasteiger partial charge in [-0.1, -0.05) is 103 Å². The number of fused-ring (bicyclic) bond motifs is 6. The fraction of sp³-hybridized carbons (Fsp3) is 0.0149. The molecule has 0 bridgehead atoms. The number of hydrogen-bond acceptors (Lipinski definition) is 6. The number of nitrogens with zero attached hydrogens (tertiary/aromatic N) is 8. The summed E-state index contributed by atoms with van der Waals surface area (Å²) in [7, 11) is 0. The minimum Gasteiger partial charge on any atom is -0.308 e. The lowest BCUT2D eigenvalue weighted by atomic mass is 9.93. The van der Waals surface area contributed by atoms with Gasteiger partial charge in [-0.15, -0.1) is 0 Å². The number of halogens is 3. The molecule has 0 radical (unpaired) electrons. The van der Waals surface area contributed by atoms with E-state index in [2.05, 4.69) is 36.4 Å². The molecule has 12 rings (SSSR count). The Balaban J connectivity index is 1.24. The van der Waals surface area contributed by atoms with Crippen molar-refractivity contribution in [2.45, 2.75) is 6.18 Å². The lowest BCUT2D eigenvalue weighted by Crippen LogP contribution is -2.08. The van der Waals surface area contributed by atoms with E-state index in [1.54, 1.807) is 60.7 Å². The number of benzene rings is 10. The van der Waals surface area contributed by atoms with Crippen LogP contribution in [-0.2, 0) is 6.18 Å². The number of rotatable bonds is 7. The maximum absolute atomic E-state index is 14.6. The van der Waals surface area contributed by atoms with Crippen LogP contribution in [0, 0.1) is 68.0 Å². The second-order valence-electron chi connectivity index (χ2n) is 18.6. The number of hydrogen-bond donors (Lipinski definition) is 0. The molecule has 0 fully saturated rings. The van der Waals surface area contributed by atoms with Gasteiger partial charge in [0.15, 0.2) is 0 Å². The Labute approximate surface area is 444 Å². The first kappa shape index (κ1) is 47.5. The highest BCUT2D eigenvalue weighted by molar-refractivity contribution is 6.15. The highest BCUT2D eigenvalue weighted by Gasteiger charge is 2.33. The maximum atomic E-state index is 14.6. The van der Waals surface area contributed by atoms with Gasteiger partial charge in [0.1, 0.15) is 0 Å². The van der Waals surface area contributed by atoms with Gasteiger partial charge in [-0.25, -0.2) is 0 Å². The summed E-state index contributed by atoms with van der Waals surface area (Å²) in [6.45, 7) is 0. The largest absolute Gasteiger partial charge is 0.416 e. The van der Waals surface area contributed by atoms with Crippen molar-refractivity contribution < 1.29 is 13.2 Å². The molecule has 0 aliphatic rings. The second kappa shape index (κ2) is 18.8. The van der Waals surface area contributed by atoms with Crippen molar-refractivity contribution in [2.75, 3.05) is 0 Å². The summed E-state index contributed by atoms with van der Waals surface area (Å²) in [4.78, 5) is 0. The minimum absolute atomic E-state index is 0.156. The zero-order valence-electron chi connectivity index (χ0n) is 40.8. The van der Waals surface area contributed by atoms with Gasteiger partial charge in [0.25, 0.3) is 0 Å². The Morgan fingerprint density at radius 3 is 0.923 bits per heavy atom. The Kier molecular flexibility index (Phi) is 11.4. The monoisotopic (exact) mass is 1010 g/mol. The van der Waals surface area contributed by atoms with Crippen molar-refractivity contribution >= 4 is 43.6 Å². The molecule has 0 aliphatic carbocycles. The molecular formula is C67H33F3N8. The third-order valence-electron chi connectivity index (χ3n) is 14.4. The zero-order valence-corrected chi connectivity index (χ0v) is 40.8. The Morgan fingerprint density at radius 2 is 0.628 bits per heavy atom. The lowest BCUT2D eigenvalue weighted by molar-refractivity contribution is -0.137. The standard InChI is InChI=1S/C67H33F3N8/c68-67(69,70)50-21-22-55(49(29-50)39-76)66-64(77-60-23-17-41(51-13-5-1-9-45(51)35-72)30-56(60)57-31-42(18-24-61(57)77)52-14-6-2-10-46(52)36-73)27-40(34-71)28-65(66)78-62-25-19-43(53-15-7-3-11-47(53)37-74)32-58(62)59-33-44(20-26-63(59)78)54-16-8-4-12-48(54)38-75/h1-33H. The number of nitriles is 6. The molecule has 362 valence electrons. The summed E-state index contributed by atoms with van der Waals surface area (Å²) in [6, 6.07) is 72.2. The predicted molar refractivity (Wildman–Crippen MR) is 296 cm³/mol. The summed E-state index contributed by atoms with van der Waals surface area (Å²) in [6.07, 6.45) is -4.78. The molecule has 12 aromatic rings. The first-order chi connectivity index (χ1) is 38.0. The van der Waals surface area contributed by atoms with E-state index in [0.717, 1.165) is 55.9 Å². The van der Waals surface area contributed by atoms with E-state index in [1.165, 1.54) is 6.07 Å². The topological polar surface area (TPSA) is 153 Å². The van der Waals surface area contributed by atoms with E-state index in [-0.39, 0.29) is 16.7 Å². The molecule has 78 heavy (non-hydrogen) atoms. The van der Waals surface area contributed by atoms with Crippen LogP contribution in [0.5, 0.6) is 0 Å². The first-order valence-electron chi connectivity index (χ1n) is 24.4. The van der Waals surface area contributed by atoms with E-state index in [9.17, 15) is 44.7 Å². The van der Waals surface area contributed by atoms with E-state index in [0.29, 0.717) is 83.5 Å². The van der Waals surface area contributed by atoms with Crippen molar-refractivity contribution in [3.63, 3.8) is 0 Å². The molecule has 0 aliphatic heterocycles. The van der Waals surface area contributed by atoms with Gasteiger partial charge < -0.3 is 9.13 Å². The van der Waals surface area contributed by atoms with Crippen molar-refractivity contribution in [3.8, 4) is 103 Å². The van der Waals surface area contributed by atoms with E-state index >= 15 is 0 Å². The van der Waals surface area contributed by atoms with Gasteiger partial charge >= 0.3 is 6.18 Å². The van der Waals surface area contributed by atoms with Crippen LogP contribution in [0.2, 0.25) is 0 Å². The average molecular weight is 1010 g/mol. The molecule has 0 saturated carbocycles. The third kappa shape index (κ3) is 7.73. The van der Waals surface area contributed by atoms with E-state index in [1.807, 2.05) is 130 Å². The van der Waals surface area contributed by atoms with Gasteiger partial charge in [-0.05, 0) is 142 Å². The Bertz CT molecular complexity index is 4330. The van der Waals surface area contributed by atoms with Crippen LogP contribution in [0.4, 0.5) is 13.2 Å². The number of alkyl halides is 3. The fourth-order valence-corrected chi connectivity index (χ4v) is 10.9. The van der Waals surface area contributed by atoms with Gasteiger partial charge in [0.05, 0.1) is 109 Å². The molecule has 0 saturated heterocycles. The van der Waals surface area contributed by atoms with Crippen molar-refractivity contribution in [1.82, 2.24) is 9.13 Å². The summed E-state index contributed by atoms with van der Waals surface area (Å²) >= 11 is 0. The summed E-state index contributed by atoms with van der Waals surface area (Å²) in [5.41, 5.74) is 10.2. The van der Waals surface area contributed by atoms with E-state index < -0.39 is 11.7 Å². The summed E-state index contributed by atoms with van der Waals surface area (Å²) < 4.78 is 47.8. The predicted octanol–water partition coefficient (Wildman–Crippen LogP) is 16.5. The second-order valence-corrected chi connectivity index (χ2v) is 18.6. The lowest BCUT2D eigenvalue weighted by Gasteiger charge is -2.22. The minimum atomic E-state index is -4.78. The molecule has 0 amide bonds. The fourth-order valence-electron chi connectivity index (χ4n) is 10.9. The smallest absolute Gasteiger partial charge is 0.308 e. The SMILES string of the molecule is N#Cc1cc(-n2c3ccc(-c4ccccc4C#N)cc3c3cc(-c4ccccc4C#N)ccc32)c(-c2ccc(C(F)(F)F)cc2C#N)c(-n2c3ccc(-c4ccccc4C#N)cc3c3cc(-c4ccccc4C#N)ccc32)c1. The molecule has 2 heterocycles. The van der Waals surface area contributed by atoms with Gasteiger partial charge in [0, 0.05) is 32.7 Å². The highest BCUT2D eigenvalue weighted by atomic mass is 19.4. The Hall–Kier alpha value is -11.5. The zero-order chi connectivity index (χ0) is 53.8. The molecule has 0 N–H and O–H groups in total. The summed E-state index contributed by atoms with van der Waals surface area (Å²) in [5, 5.41) is 65.8. The molecule has 8 nitrogen and oxygen atoms in total. The van der Waals surface area contributed by atoms with Crippen LogP contribution in [0.15, 0.2) is 200 Å². The molecule has 0 atom stereocenters. The van der Waals surface area contributed by atoms with Crippen molar-refractivity contribution in [3.05, 3.63) is 239 Å².